The Bertz CT molecular complexity index is 923. The fourth-order valence-corrected chi connectivity index (χ4v) is 4.29. The molecule has 1 atom stereocenters. The first-order valence-electron chi connectivity index (χ1n) is 9.24. The molecule has 2 amide bonds. The number of nitrogens with zero attached hydrogens (tertiary/aromatic N) is 1. The van der Waals surface area contributed by atoms with Crippen LogP contribution in [-0.2, 0) is 0 Å². The summed E-state index contributed by atoms with van der Waals surface area (Å²) in [5.41, 5.74) is 3.92. The van der Waals surface area contributed by atoms with Crippen LogP contribution in [0.2, 0.25) is 0 Å². The number of para-hydroxylation sites is 2. The number of rotatable bonds is 3. The topological polar surface area (TPSA) is 32.3 Å². The lowest BCUT2D eigenvalue weighted by molar-refractivity contribution is 0.259. The summed E-state index contributed by atoms with van der Waals surface area (Å²) < 4.78 is 0. The van der Waals surface area contributed by atoms with Gasteiger partial charge in [-0.1, -0.05) is 62.0 Å². The second-order valence-electron chi connectivity index (χ2n) is 6.73. The molecule has 1 heterocycles. The molecule has 0 bridgehead atoms. The quantitative estimate of drug-likeness (QED) is 0.533. The summed E-state index contributed by atoms with van der Waals surface area (Å²) in [5, 5.41) is 3.06. The summed E-state index contributed by atoms with van der Waals surface area (Å²) in [5.74, 6) is 0.521. The molecule has 1 unspecified atom stereocenters. The van der Waals surface area contributed by atoms with Crippen LogP contribution in [0.5, 0.6) is 0 Å². The van der Waals surface area contributed by atoms with E-state index in [4.69, 9.17) is 0 Å². The van der Waals surface area contributed by atoms with E-state index in [-0.39, 0.29) is 6.03 Å². The molecule has 3 aromatic carbocycles. The molecule has 136 valence electrons. The number of anilines is 3. The number of urea groups is 1. The molecule has 0 radical (unpaired) electrons. The standard InChI is InChI=1S/C23H22N2OS/c1-3-16(2)17-12-14-18(15-13-17)24-23(26)25-19-8-4-6-10-21(19)27-22-11-7-5-9-20(22)25/h4-16H,3H2,1-2H3,(H,24,26). The highest BCUT2D eigenvalue weighted by Crippen LogP contribution is 2.48. The predicted octanol–water partition coefficient (Wildman–Crippen LogP) is 7.03. The zero-order valence-corrected chi connectivity index (χ0v) is 16.3. The van der Waals surface area contributed by atoms with Crippen LogP contribution in [0.3, 0.4) is 0 Å². The maximum atomic E-state index is 13.2. The summed E-state index contributed by atoms with van der Waals surface area (Å²) in [6.07, 6.45) is 1.10. The van der Waals surface area contributed by atoms with Gasteiger partial charge in [0.25, 0.3) is 0 Å². The fraction of sp³-hybridized carbons (Fsp3) is 0.174. The van der Waals surface area contributed by atoms with Crippen molar-refractivity contribution in [3.63, 3.8) is 0 Å². The highest BCUT2D eigenvalue weighted by atomic mass is 32.2. The number of carbonyl (C=O) groups is 1. The van der Waals surface area contributed by atoms with E-state index < -0.39 is 0 Å². The first kappa shape index (κ1) is 17.7. The second kappa shape index (κ2) is 7.49. The molecule has 0 aliphatic carbocycles. The number of carbonyl (C=O) groups excluding carboxylic acids is 1. The Morgan fingerprint density at radius 3 is 2.04 bits per heavy atom. The van der Waals surface area contributed by atoms with E-state index >= 15 is 0 Å². The molecule has 3 nitrogen and oxygen atoms in total. The lowest BCUT2D eigenvalue weighted by atomic mass is 9.99. The van der Waals surface area contributed by atoms with Gasteiger partial charge >= 0.3 is 6.03 Å². The van der Waals surface area contributed by atoms with Gasteiger partial charge in [0.2, 0.25) is 0 Å². The molecule has 1 N–H and O–H groups in total. The van der Waals surface area contributed by atoms with Crippen LogP contribution in [0.15, 0.2) is 82.6 Å². The van der Waals surface area contributed by atoms with E-state index in [9.17, 15) is 4.79 Å². The maximum absolute atomic E-state index is 13.2. The van der Waals surface area contributed by atoms with Gasteiger partial charge in [-0.15, -0.1) is 0 Å². The van der Waals surface area contributed by atoms with Crippen LogP contribution in [0.4, 0.5) is 21.9 Å². The molecule has 0 saturated carbocycles. The highest BCUT2D eigenvalue weighted by Gasteiger charge is 2.27. The third kappa shape index (κ3) is 3.45. The molecule has 0 fully saturated rings. The fourth-order valence-electron chi connectivity index (χ4n) is 3.23. The molecule has 0 saturated heterocycles. The zero-order valence-electron chi connectivity index (χ0n) is 15.5. The van der Waals surface area contributed by atoms with Crippen LogP contribution in [-0.4, -0.2) is 6.03 Å². The number of fused-ring (bicyclic) bond motifs is 2. The highest BCUT2D eigenvalue weighted by molar-refractivity contribution is 7.99. The van der Waals surface area contributed by atoms with Crippen molar-refractivity contribution in [3.05, 3.63) is 78.4 Å². The predicted molar refractivity (Wildman–Crippen MR) is 113 cm³/mol. The zero-order chi connectivity index (χ0) is 18.8. The summed E-state index contributed by atoms with van der Waals surface area (Å²) >= 11 is 1.70. The van der Waals surface area contributed by atoms with Gasteiger partial charge in [-0.3, -0.25) is 4.90 Å². The Morgan fingerprint density at radius 2 is 1.48 bits per heavy atom. The minimum Gasteiger partial charge on any atom is -0.307 e. The largest absolute Gasteiger partial charge is 0.331 e. The van der Waals surface area contributed by atoms with Gasteiger partial charge in [0.15, 0.2) is 0 Å². The minimum atomic E-state index is -0.147. The monoisotopic (exact) mass is 374 g/mol. The van der Waals surface area contributed by atoms with E-state index in [1.54, 1.807) is 16.7 Å². The molecule has 1 aliphatic rings. The first-order chi connectivity index (χ1) is 13.2. The van der Waals surface area contributed by atoms with Gasteiger partial charge in [-0.2, -0.15) is 0 Å². The van der Waals surface area contributed by atoms with E-state index in [2.05, 4.69) is 43.4 Å². The summed E-state index contributed by atoms with van der Waals surface area (Å²) in [7, 11) is 0. The molecule has 4 heteroatoms. The molecular weight excluding hydrogens is 352 g/mol. The lowest BCUT2D eigenvalue weighted by Gasteiger charge is -2.31. The molecule has 0 aromatic heterocycles. The van der Waals surface area contributed by atoms with E-state index in [1.807, 2.05) is 48.5 Å². The summed E-state index contributed by atoms with van der Waals surface area (Å²) in [4.78, 5) is 17.1. The van der Waals surface area contributed by atoms with E-state index in [0.717, 1.165) is 33.3 Å². The Morgan fingerprint density at radius 1 is 0.926 bits per heavy atom. The van der Waals surface area contributed by atoms with Crippen molar-refractivity contribution < 1.29 is 4.79 Å². The number of nitrogens with one attached hydrogen (secondary N) is 1. The van der Waals surface area contributed by atoms with Crippen LogP contribution >= 0.6 is 11.8 Å². The second-order valence-corrected chi connectivity index (χ2v) is 7.82. The van der Waals surface area contributed by atoms with Crippen molar-refractivity contribution in [1.29, 1.82) is 0 Å². The van der Waals surface area contributed by atoms with Crippen LogP contribution in [0.25, 0.3) is 0 Å². The summed E-state index contributed by atoms with van der Waals surface area (Å²) in [6, 6.07) is 24.0. The van der Waals surface area contributed by atoms with E-state index in [0.29, 0.717) is 5.92 Å². The van der Waals surface area contributed by atoms with Gasteiger partial charge in [0, 0.05) is 15.5 Å². The van der Waals surface area contributed by atoms with E-state index in [1.165, 1.54) is 5.56 Å². The van der Waals surface area contributed by atoms with Crippen molar-refractivity contribution in [1.82, 2.24) is 0 Å². The molecular formula is C23H22N2OS. The average molecular weight is 375 g/mol. The smallest absolute Gasteiger partial charge is 0.307 e. The number of hydrogen-bond donors (Lipinski definition) is 1. The van der Waals surface area contributed by atoms with Gasteiger partial charge in [-0.25, -0.2) is 4.79 Å². The van der Waals surface area contributed by atoms with Crippen molar-refractivity contribution in [2.24, 2.45) is 0 Å². The van der Waals surface area contributed by atoms with Gasteiger partial charge in [0.1, 0.15) is 0 Å². The van der Waals surface area contributed by atoms with Crippen molar-refractivity contribution in [3.8, 4) is 0 Å². The Hall–Kier alpha value is -2.72. The van der Waals surface area contributed by atoms with Gasteiger partial charge in [-0.05, 0) is 54.3 Å². The molecule has 3 aromatic rings. The van der Waals surface area contributed by atoms with Crippen molar-refractivity contribution in [2.45, 2.75) is 36.0 Å². The Labute approximate surface area is 164 Å². The number of amides is 2. The Balaban J connectivity index is 1.64. The van der Waals surface area contributed by atoms with Crippen molar-refractivity contribution >= 4 is 34.9 Å². The van der Waals surface area contributed by atoms with Gasteiger partial charge in [0.05, 0.1) is 11.4 Å². The van der Waals surface area contributed by atoms with Crippen LogP contribution in [0, 0.1) is 0 Å². The molecule has 0 spiro atoms. The normalized spacial score (nSPS) is 13.5. The molecule has 27 heavy (non-hydrogen) atoms. The lowest BCUT2D eigenvalue weighted by Crippen LogP contribution is -2.32. The average Bonchev–Trinajstić information content (AvgIpc) is 2.71. The maximum Gasteiger partial charge on any atom is 0.331 e. The SMILES string of the molecule is CCC(C)c1ccc(NC(=O)N2c3ccccc3Sc3ccccc32)cc1. The van der Waals surface area contributed by atoms with Crippen LogP contribution < -0.4 is 10.2 Å². The molecule has 4 rings (SSSR count). The Kier molecular flexibility index (Phi) is 4.90. The minimum absolute atomic E-state index is 0.147. The third-order valence-corrected chi connectivity index (χ3v) is 6.11. The van der Waals surface area contributed by atoms with Gasteiger partial charge < -0.3 is 5.32 Å². The third-order valence-electron chi connectivity index (χ3n) is 4.98. The van der Waals surface area contributed by atoms with Crippen LogP contribution in [0.1, 0.15) is 31.7 Å². The summed E-state index contributed by atoms with van der Waals surface area (Å²) in [6.45, 7) is 4.40. The first-order valence-corrected chi connectivity index (χ1v) is 10.1. The molecule has 1 aliphatic heterocycles. The number of benzene rings is 3. The number of hydrogen-bond acceptors (Lipinski definition) is 2. The van der Waals surface area contributed by atoms with Crippen molar-refractivity contribution in [2.75, 3.05) is 10.2 Å².